The SMILES string of the molecule is CC(=O)[C@]1(O)CC[C@@H]2[C@H]3CCC4=C/C(=N/OCC(=O)NCc5ccccn5)CC[C@@]4(C)[C@@H]3CC[C@]21C. The van der Waals surface area contributed by atoms with Gasteiger partial charge in [-0.2, -0.15) is 0 Å². The Bertz CT molecular complexity index is 1090. The van der Waals surface area contributed by atoms with E-state index in [4.69, 9.17) is 4.84 Å². The second kappa shape index (κ2) is 9.40. The number of aliphatic hydroxyl groups is 1. The fourth-order valence-electron chi connectivity index (χ4n) is 8.15. The van der Waals surface area contributed by atoms with Crippen LogP contribution >= 0.6 is 0 Å². The first kappa shape index (κ1) is 25.1. The Morgan fingerprint density at radius 3 is 2.69 bits per heavy atom. The third-order valence-electron chi connectivity index (χ3n) is 10.3. The van der Waals surface area contributed by atoms with Gasteiger partial charge in [0.1, 0.15) is 5.60 Å². The van der Waals surface area contributed by atoms with Gasteiger partial charge in [-0.05, 0) is 99.7 Å². The smallest absolute Gasteiger partial charge is 0.261 e. The number of pyridine rings is 1. The van der Waals surface area contributed by atoms with Crippen LogP contribution in [0.2, 0.25) is 0 Å². The Morgan fingerprint density at radius 1 is 1.14 bits per heavy atom. The maximum absolute atomic E-state index is 12.4. The number of hydrogen-bond donors (Lipinski definition) is 2. The van der Waals surface area contributed by atoms with Gasteiger partial charge in [-0.3, -0.25) is 14.6 Å². The fraction of sp³-hybridized carbons (Fsp3) is 0.655. The van der Waals surface area contributed by atoms with Crippen LogP contribution in [0.25, 0.3) is 0 Å². The van der Waals surface area contributed by atoms with Crippen molar-refractivity contribution in [3.63, 3.8) is 0 Å². The van der Waals surface area contributed by atoms with E-state index in [0.29, 0.717) is 30.7 Å². The summed E-state index contributed by atoms with van der Waals surface area (Å²) < 4.78 is 0. The first-order valence-electron chi connectivity index (χ1n) is 13.5. The number of oxime groups is 1. The minimum absolute atomic E-state index is 0.0579. The Morgan fingerprint density at radius 2 is 1.94 bits per heavy atom. The lowest BCUT2D eigenvalue weighted by Crippen LogP contribution is -2.57. The molecule has 1 heterocycles. The van der Waals surface area contributed by atoms with Crippen molar-refractivity contribution in [3.05, 3.63) is 41.7 Å². The lowest BCUT2D eigenvalue weighted by Gasteiger charge is -2.59. The quantitative estimate of drug-likeness (QED) is 0.574. The van der Waals surface area contributed by atoms with Crippen molar-refractivity contribution in [2.45, 2.75) is 84.3 Å². The summed E-state index contributed by atoms with van der Waals surface area (Å²) in [7, 11) is 0. The number of amides is 1. The number of nitrogens with one attached hydrogen (secondary N) is 1. The molecule has 194 valence electrons. The van der Waals surface area contributed by atoms with Gasteiger partial charge in [0, 0.05) is 11.6 Å². The van der Waals surface area contributed by atoms with E-state index in [9.17, 15) is 14.7 Å². The predicted molar refractivity (Wildman–Crippen MR) is 137 cm³/mol. The van der Waals surface area contributed by atoms with Gasteiger partial charge in [-0.25, -0.2) is 0 Å². The van der Waals surface area contributed by atoms with E-state index in [2.05, 4.69) is 35.4 Å². The van der Waals surface area contributed by atoms with Crippen molar-refractivity contribution < 1.29 is 19.5 Å². The Labute approximate surface area is 213 Å². The Balaban J connectivity index is 1.22. The molecule has 7 heteroatoms. The zero-order valence-electron chi connectivity index (χ0n) is 21.8. The van der Waals surface area contributed by atoms with Gasteiger partial charge in [0.25, 0.3) is 5.91 Å². The van der Waals surface area contributed by atoms with Gasteiger partial charge in [0.05, 0.1) is 18.0 Å². The fourth-order valence-corrected chi connectivity index (χ4v) is 8.15. The molecule has 7 nitrogen and oxygen atoms in total. The summed E-state index contributed by atoms with van der Waals surface area (Å²) in [6.07, 6.45) is 11.4. The number of Topliss-reactive ketones (excluding diaryl/α,β-unsaturated/α-hetero) is 1. The summed E-state index contributed by atoms with van der Waals surface area (Å²) in [4.78, 5) is 34.1. The van der Waals surface area contributed by atoms with Gasteiger partial charge in [0.2, 0.25) is 0 Å². The second-order valence-electron chi connectivity index (χ2n) is 11.9. The molecule has 2 N–H and O–H groups in total. The Hall–Kier alpha value is -2.54. The van der Waals surface area contributed by atoms with E-state index in [-0.39, 0.29) is 29.1 Å². The van der Waals surface area contributed by atoms with Crippen LogP contribution in [0.3, 0.4) is 0 Å². The molecule has 0 radical (unpaired) electrons. The molecule has 0 spiro atoms. The van der Waals surface area contributed by atoms with Gasteiger partial charge in [-0.1, -0.05) is 30.6 Å². The number of rotatable bonds is 6. The standard InChI is InChI=1S/C29H39N3O4/c1-19(33)29(35)14-11-25-23-8-7-20-16-21(9-12-27(20,2)24(23)10-13-28(25,29)3)32-36-18-26(34)31-17-22-6-4-5-15-30-22/h4-6,15-16,23-25,35H,7-14,17-18H2,1-3H3,(H,31,34)/b32-21+/t23-,24+,25+,27+,28+,29+/m0/s1. The third kappa shape index (κ3) is 4.09. The highest BCUT2D eigenvalue weighted by atomic mass is 16.6. The van der Waals surface area contributed by atoms with Crippen LogP contribution in [0.4, 0.5) is 0 Å². The first-order valence-corrected chi connectivity index (χ1v) is 13.5. The van der Waals surface area contributed by atoms with Crippen molar-refractivity contribution in [2.24, 2.45) is 33.7 Å². The number of aromatic nitrogens is 1. The van der Waals surface area contributed by atoms with Gasteiger partial charge >= 0.3 is 0 Å². The van der Waals surface area contributed by atoms with Crippen LogP contribution in [0.1, 0.15) is 77.8 Å². The van der Waals surface area contributed by atoms with Crippen LogP contribution < -0.4 is 5.32 Å². The van der Waals surface area contributed by atoms with E-state index < -0.39 is 5.60 Å². The molecule has 0 bridgehead atoms. The van der Waals surface area contributed by atoms with Crippen LogP contribution in [0.5, 0.6) is 0 Å². The predicted octanol–water partition coefficient (Wildman–Crippen LogP) is 4.35. The molecular formula is C29H39N3O4. The number of fused-ring (bicyclic) bond motifs is 5. The zero-order chi connectivity index (χ0) is 25.6. The summed E-state index contributed by atoms with van der Waals surface area (Å²) >= 11 is 0. The molecule has 5 rings (SSSR count). The number of carbonyl (C=O) groups is 2. The maximum Gasteiger partial charge on any atom is 0.261 e. The topological polar surface area (TPSA) is 101 Å². The van der Waals surface area contributed by atoms with Crippen molar-refractivity contribution in [2.75, 3.05) is 6.61 Å². The lowest BCUT2D eigenvalue weighted by molar-refractivity contribution is -0.159. The number of allylic oxidation sites excluding steroid dienone is 2. The van der Waals surface area contributed by atoms with Crippen molar-refractivity contribution in [1.82, 2.24) is 10.3 Å². The van der Waals surface area contributed by atoms with E-state index >= 15 is 0 Å². The van der Waals surface area contributed by atoms with E-state index in [0.717, 1.165) is 56.4 Å². The molecule has 0 aliphatic heterocycles. The summed E-state index contributed by atoms with van der Waals surface area (Å²) in [5.41, 5.74) is 1.82. The normalized spacial score (nSPS) is 38.4. The van der Waals surface area contributed by atoms with Crippen molar-refractivity contribution in [3.8, 4) is 0 Å². The molecule has 3 saturated carbocycles. The summed E-state index contributed by atoms with van der Waals surface area (Å²) in [6.45, 7) is 6.41. The molecular weight excluding hydrogens is 454 g/mol. The molecule has 6 atom stereocenters. The van der Waals surface area contributed by atoms with Crippen LogP contribution in [0.15, 0.2) is 41.2 Å². The highest BCUT2D eigenvalue weighted by molar-refractivity contribution is 5.96. The van der Waals surface area contributed by atoms with E-state index in [1.54, 1.807) is 13.1 Å². The van der Waals surface area contributed by atoms with Gasteiger partial charge < -0.3 is 15.3 Å². The van der Waals surface area contributed by atoms with E-state index in [1.807, 2.05) is 18.2 Å². The van der Waals surface area contributed by atoms with Gasteiger partial charge in [-0.15, -0.1) is 0 Å². The third-order valence-corrected chi connectivity index (χ3v) is 10.3. The molecule has 1 aromatic rings. The van der Waals surface area contributed by atoms with Gasteiger partial charge in [0.15, 0.2) is 12.4 Å². The number of hydrogen-bond acceptors (Lipinski definition) is 6. The molecule has 4 aliphatic carbocycles. The molecule has 0 unspecified atom stereocenters. The number of carbonyl (C=O) groups excluding carboxylic acids is 2. The van der Waals surface area contributed by atoms with Crippen molar-refractivity contribution in [1.29, 1.82) is 0 Å². The highest BCUT2D eigenvalue weighted by Crippen LogP contribution is 2.67. The lowest BCUT2D eigenvalue weighted by atomic mass is 9.46. The van der Waals surface area contributed by atoms with E-state index in [1.165, 1.54) is 5.57 Å². The van der Waals surface area contributed by atoms with Crippen LogP contribution in [-0.4, -0.2) is 39.7 Å². The zero-order valence-corrected chi connectivity index (χ0v) is 21.8. The second-order valence-corrected chi connectivity index (χ2v) is 11.9. The van der Waals surface area contributed by atoms with Crippen LogP contribution in [0, 0.1) is 28.6 Å². The minimum atomic E-state index is -1.16. The molecule has 4 aliphatic rings. The average molecular weight is 494 g/mol. The van der Waals surface area contributed by atoms with Crippen molar-refractivity contribution >= 4 is 17.4 Å². The summed E-state index contributed by atoms with van der Waals surface area (Å²) in [6, 6.07) is 5.60. The summed E-state index contributed by atoms with van der Waals surface area (Å²) in [5, 5.41) is 18.4. The van der Waals surface area contributed by atoms with Crippen LogP contribution in [-0.2, 0) is 21.0 Å². The Kier molecular flexibility index (Phi) is 6.56. The minimum Gasteiger partial charge on any atom is -0.385 e. The molecule has 1 aromatic heterocycles. The monoisotopic (exact) mass is 493 g/mol. The molecule has 3 fully saturated rings. The molecule has 36 heavy (non-hydrogen) atoms. The molecule has 0 aromatic carbocycles. The average Bonchev–Trinajstić information content (AvgIpc) is 3.15. The molecule has 1 amide bonds. The largest absolute Gasteiger partial charge is 0.385 e. The molecule has 0 saturated heterocycles. The number of ketones is 1. The maximum atomic E-state index is 12.4. The summed E-state index contributed by atoms with van der Waals surface area (Å²) in [5.74, 6) is 1.26. The highest BCUT2D eigenvalue weighted by Gasteiger charge is 2.65. The first-order chi connectivity index (χ1) is 17.2. The number of nitrogens with zero attached hydrogens (tertiary/aromatic N) is 2.